The van der Waals surface area contributed by atoms with Crippen molar-refractivity contribution in [3.63, 3.8) is 0 Å². The third kappa shape index (κ3) is 6.13. The number of thiophene rings is 1. The molecule has 0 saturated heterocycles. The Morgan fingerprint density at radius 3 is 2.94 bits per heavy atom. The Morgan fingerprint density at radius 2 is 2.24 bits per heavy atom. The highest BCUT2D eigenvalue weighted by Crippen LogP contribution is 2.22. The van der Waals surface area contributed by atoms with Crippen LogP contribution in [0.4, 0.5) is 0 Å². The summed E-state index contributed by atoms with van der Waals surface area (Å²) in [6.45, 7) is 2.43. The van der Waals surface area contributed by atoms with Crippen LogP contribution in [0.5, 0.6) is 0 Å². The molecule has 0 aliphatic rings. The maximum Gasteiger partial charge on any atom is 0.0771 e. The molecule has 94 valence electrons. The Labute approximate surface area is 111 Å². The van der Waals surface area contributed by atoms with E-state index in [1.807, 2.05) is 24.8 Å². The van der Waals surface area contributed by atoms with Crippen molar-refractivity contribution in [3.05, 3.63) is 21.9 Å². The van der Waals surface area contributed by atoms with Crippen molar-refractivity contribution in [2.75, 3.05) is 19.0 Å². The molecule has 0 spiro atoms. The van der Waals surface area contributed by atoms with E-state index in [9.17, 15) is 0 Å². The van der Waals surface area contributed by atoms with Gasteiger partial charge in [-0.3, -0.25) is 0 Å². The normalized spacial score (nSPS) is 11.9. The maximum atomic E-state index is 8.91. The number of hydrogen-bond acceptors (Lipinski definition) is 4. The number of hydrogen-bond donors (Lipinski definition) is 2. The molecule has 2 N–H and O–H groups in total. The molecule has 0 bridgehead atoms. The molecular formula is C13H18O2S2. The predicted octanol–water partition coefficient (Wildman–Crippen LogP) is 2.34. The third-order valence-corrected chi connectivity index (χ3v) is 4.57. The first-order valence-electron chi connectivity index (χ1n) is 5.63. The summed E-state index contributed by atoms with van der Waals surface area (Å²) >= 11 is 3.55. The second-order valence-corrected chi connectivity index (χ2v) is 6.04. The zero-order chi connectivity index (χ0) is 12.5. The fraction of sp³-hybridized carbons (Fsp3) is 0.538. The van der Waals surface area contributed by atoms with Crippen LogP contribution >= 0.6 is 23.1 Å². The molecule has 0 fully saturated rings. The van der Waals surface area contributed by atoms with Gasteiger partial charge in [0.1, 0.15) is 0 Å². The summed E-state index contributed by atoms with van der Waals surface area (Å²) in [7, 11) is 0. The molecule has 1 aromatic heterocycles. The summed E-state index contributed by atoms with van der Waals surface area (Å²) in [4.78, 5) is 2.37. The van der Waals surface area contributed by atoms with Gasteiger partial charge in [0, 0.05) is 23.7 Å². The molecule has 0 aliphatic carbocycles. The molecule has 0 amide bonds. The van der Waals surface area contributed by atoms with Gasteiger partial charge in [0.2, 0.25) is 0 Å². The van der Waals surface area contributed by atoms with Crippen LogP contribution in [0.1, 0.15) is 23.1 Å². The van der Waals surface area contributed by atoms with Gasteiger partial charge < -0.3 is 10.2 Å². The Hall–Kier alpha value is -0.470. The van der Waals surface area contributed by atoms with E-state index in [1.54, 1.807) is 11.3 Å². The SMILES string of the molecule is CC(CO)CSCc1ccc(C#CCCO)s1. The molecule has 17 heavy (non-hydrogen) atoms. The van der Waals surface area contributed by atoms with E-state index in [0.29, 0.717) is 12.3 Å². The third-order valence-electron chi connectivity index (χ3n) is 2.07. The zero-order valence-electron chi connectivity index (χ0n) is 9.98. The van der Waals surface area contributed by atoms with Crippen molar-refractivity contribution in [1.29, 1.82) is 0 Å². The summed E-state index contributed by atoms with van der Waals surface area (Å²) in [6, 6.07) is 4.13. The lowest BCUT2D eigenvalue weighted by molar-refractivity contribution is 0.250. The van der Waals surface area contributed by atoms with Crippen molar-refractivity contribution in [2.45, 2.75) is 19.1 Å². The van der Waals surface area contributed by atoms with E-state index in [1.165, 1.54) is 4.88 Å². The van der Waals surface area contributed by atoms with Crippen molar-refractivity contribution in [2.24, 2.45) is 5.92 Å². The largest absolute Gasteiger partial charge is 0.396 e. The van der Waals surface area contributed by atoms with Gasteiger partial charge in [-0.1, -0.05) is 18.8 Å². The van der Waals surface area contributed by atoms with Crippen LogP contribution in [0.15, 0.2) is 12.1 Å². The molecule has 0 saturated carbocycles. The standard InChI is InChI=1S/C13H18O2S2/c1-11(8-15)9-16-10-13-6-5-12(17-13)4-2-3-7-14/h5-6,11,14-15H,3,7-10H2,1H3. The van der Waals surface area contributed by atoms with E-state index in [4.69, 9.17) is 10.2 Å². The fourth-order valence-electron chi connectivity index (χ4n) is 1.14. The fourth-order valence-corrected chi connectivity index (χ4v) is 3.23. The van der Waals surface area contributed by atoms with E-state index < -0.39 is 0 Å². The minimum atomic E-state index is 0.125. The molecule has 1 atom stereocenters. The van der Waals surface area contributed by atoms with Crippen molar-refractivity contribution in [3.8, 4) is 11.8 Å². The predicted molar refractivity (Wildman–Crippen MR) is 75.3 cm³/mol. The highest BCUT2D eigenvalue weighted by molar-refractivity contribution is 7.98. The van der Waals surface area contributed by atoms with E-state index in [2.05, 4.69) is 17.9 Å². The van der Waals surface area contributed by atoms with E-state index in [-0.39, 0.29) is 13.2 Å². The smallest absolute Gasteiger partial charge is 0.0771 e. The van der Waals surface area contributed by atoms with Gasteiger partial charge in [0.25, 0.3) is 0 Å². The molecular weight excluding hydrogens is 252 g/mol. The lowest BCUT2D eigenvalue weighted by Gasteiger charge is -2.05. The van der Waals surface area contributed by atoms with Crippen LogP contribution in [0.2, 0.25) is 0 Å². The van der Waals surface area contributed by atoms with Gasteiger partial charge in [0.05, 0.1) is 11.5 Å². The van der Waals surface area contributed by atoms with Crippen LogP contribution in [0, 0.1) is 17.8 Å². The molecule has 0 radical (unpaired) electrons. The van der Waals surface area contributed by atoms with E-state index >= 15 is 0 Å². The molecule has 0 aliphatic heterocycles. The number of thioether (sulfide) groups is 1. The first-order valence-corrected chi connectivity index (χ1v) is 7.60. The molecule has 4 heteroatoms. The Morgan fingerprint density at radius 1 is 1.41 bits per heavy atom. The molecule has 1 rings (SSSR count). The van der Waals surface area contributed by atoms with Crippen LogP contribution < -0.4 is 0 Å². The number of aliphatic hydroxyl groups is 2. The second-order valence-electron chi connectivity index (χ2n) is 3.84. The number of aliphatic hydroxyl groups excluding tert-OH is 2. The monoisotopic (exact) mass is 270 g/mol. The highest BCUT2D eigenvalue weighted by atomic mass is 32.2. The Bertz CT molecular complexity index is 376. The molecule has 1 unspecified atom stereocenters. The molecule has 1 heterocycles. The van der Waals surface area contributed by atoms with Gasteiger partial charge in [-0.25, -0.2) is 0 Å². The lowest BCUT2D eigenvalue weighted by atomic mass is 10.2. The van der Waals surface area contributed by atoms with Gasteiger partial charge >= 0.3 is 0 Å². The van der Waals surface area contributed by atoms with Gasteiger partial charge in [-0.05, 0) is 23.8 Å². The van der Waals surface area contributed by atoms with Gasteiger partial charge in [-0.2, -0.15) is 11.8 Å². The van der Waals surface area contributed by atoms with Crippen molar-refractivity contribution >= 4 is 23.1 Å². The first-order chi connectivity index (χ1) is 8.26. The average Bonchev–Trinajstić information content (AvgIpc) is 2.77. The van der Waals surface area contributed by atoms with Crippen LogP contribution in [0.25, 0.3) is 0 Å². The topological polar surface area (TPSA) is 40.5 Å². The number of rotatable bonds is 6. The Balaban J connectivity index is 2.34. The van der Waals surface area contributed by atoms with Crippen molar-refractivity contribution in [1.82, 2.24) is 0 Å². The van der Waals surface area contributed by atoms with E-state index in [0.717, 1.165) is 16.4 Å². The molecule has 0 aromatic carbocycles. The van der Waals surface area contributed by atoms with Crippen LogP contribution in [-0.2, 0) is 5.75 Å². The van der Waals surface area contributed by atoms with Crippen molar-refractivity contribution < 1.29 is 10.2 Å². The summed E-state index contributed by atoms with van der Waals surface area (Å²) in [5.74, 6) is 8.29. The maximum absolute atomic E-state index is 8.91. The summed E-state index contributed by atoms with van der Waals surface area (Å²) in [5.41, 5.74) is 0. The van der Waals surface area contributed by atoms with Gasteiger partial charge in [-0.15, -0.1) is 11.3 Å². The highest BCUT2D eigenvalue weighted by Gasteiger charge is 2.02. The van der Waals surface area contributed by atoms with Crippen LogP contribution in [-0.4, -0.2) is 29.2 Å². The quantitative estimate of drug-likeness (QED) is 0.780. The Kier molecular flexibility index (Phi) is 7.38. The van der Waals surface area contributed by atoms with Gasteiger partial charge in [0.15, 0.2) is 0 Å². The second kappa shape index (κ2) is 8.60. The summed E-state index contributed by atoms with van der Waals surface area (Å²) in [6.07, 6.45) is 0.538. The molecule has 1 aromatic rings. The minimum Gasteiger partial charge on any atom is -0.396 e. The molecule has 2 nitrogen and oxygen atoms in total. The zero-order valence-corrected chi connectivity index (χ0v) is 11.6. The lowest BCUT2D eigenvalue weighted by Crippen LogP contribution is -2.03. The summed E-state index contributed by atoms with van der Waals surface area (Å²) in [5, 5.41) is 17.5. The minimum absolute atomic E-state index is 0.125. The summed E-state index contributed by atoms with van der Waals surface area (Å²) < 4.78 is 0. The first kappa shape index (κ1) is 14.6. The average molecular weight is 270 g/mol. The van der Waals surface area contributed by atoms with Crippen LogP contribution in [0.3, 0.4) is 0 Å².